The Labute approximate surface area is 117 Å². The summed E-state index contributed by atoms with van der Waals surface area (Å²) < 4.78 is 0. The predicted molar refractivity (Wildman–Crippen MR) is 77.0 cm³/mol. The number of nitrogens with two attached hydrogens (primary N) is 1. The van der Waals surface area contributed by atoms with E-state index in [0.717, 1.165) is 19.3 Å². The number of nitrogen functional groups attached to an aromatic ring is 1. The summed E-state index contributed by atoms with van der Waals surface area (Å²) in [5, 5.41) is 18.2. The summed E-state index contributed by atoms with van der Waals surface area (Å²) in [4.78, 5) is 13.0. The second-order valence-corrected chi connectivity index (χ2v) is 4.82. The van der Waals surface area contributed by atoms with Gasteiger partial charge in [-0.15, -0.1) is 0 Å². The average molecular weight is 287 g/mol. The molecule has 0 radical (unpaired) electrons. The monoisotopic (exact) mass is 286 g/mol. The summed E-state index contributed by atoms with van der Waals surface area (Å²) in [6.07, 6.45) is 2.49. The van der Waals surface area contributed by atoms with Crippen LogP contribution in [-0.2, 0) is 0 Å². The topological polar surface area (TPSA) is 86.8 Å². The van der Waals surface area contributed by atoms with Gasteiger partial charge < -0.3 is 20.8 Å². The molecule has 0 heterocycles. The molecule has 6 heteroatoms. The fourth-order valence-corrected chi connectivity index (χ4v) is 2.29. The predicted octanol–water partition coefficient (Wildman–Crippen LogP) is 2.22. The standard InChI is InChI=1S/C13H19ClN2O3/c1-16(5-3-2-4-6-17)12-10(13(18)19)7-9(15)8-11(12)14/h7-8,17H,2-6,15H2,1H3,(H,18,19). The molecule has 0 aliphatic carbocycles. The van der Waals surface area contributed by atoms with Gasteiger partial charge in [0, 0.05) is 25.9 Å². The van der Waals surface area contributed by atoms with E-state index < -0.39 is 5.97 Å². The molecule has 0 fully saturated rings. The maximum atomic E-state index is 11.2. The molecule has 1 aromatic carbocycles. The molecule has 0 aliphatic heterocycles. The Morgan fingerprint density at radius 1 is 1.37 bits per heavy atom. The number of aliphatic hydroxyl groups excluding tert-OH is 1. The van der Waals surface area contributed by atoms with Crippen LogP contribution in [0.2, 0.25) is 5.02 Å². The Hall–Kier alpha value is -1.46. The van der Waals surface area contributed by atoms with Gasteiger partial charge in [0.2, 0.25) is 0 Å². The van der Waals surface area contributed by atoms with Crippen LogP contribution in [0.1, 0.15) is 29.6 Å². The molecular formula is C13H19ClN2O3. The van der Waals surface area contributed by atoms with Gasteiger partial charge in [-0.2, -0.15) is 0 Å². The minimum absolute atomic E-state index is 0.106. The molecule has 0 saturated carbocycles. The molecule has 0 aliphatic rings. The smallest absolute Gasteiger partial charge is 0.337 e. The maximum absolute atomic E-state index is 11.2. The van der Waals surface area contributed by atoms with Crippen molar-refractivity contribution in [2.24, 2.45) is 0 Å². The number of rotatable bonds is 7. The van der Waals surface area contributed by atoms with E-state index in [4.69, 9.17) is 22.4 Å². The van der Waals surface area contributed by atoms with Gasteiger partial charge >= 0.3 is 5.97 Å². The third-order valence-electron chi connectivity index (χ3n) is 2.85. The summed E-state index contributed by atoms with van der Waals surface area (Å²) in [5.41, 5.74) is 6.53. The van der Waals surface area contributed by atoms with Crippen LogP contribution in [0, 0.1) is 0 Å². The van der Waals surface area contributed by atoms with Gasteiger partial charge in [0.15, 0.2) is 0 Å². The maximum Gasteiger partial charge on any atom is 0.337 e. The third-order valence-corrected chi connectivity index (χ3v) is 3.14. The lowest BCUT2D eigenvalue weighted by molar-refractivity contribution is 0.0697. The number of benzene rings is 1. The number of nitrogens with zero attached hydrogens (tertiary/aromatic N) is 1. The normalized spacial score (nSPS) is 10.5. The second kappa shape index (κ2) is 7.21. The number of halogens is 1. The first-order valence-corrected chi connectivity index (χ1v) is 6.49. The molecule has 0 saturated heterocycles. The largest absolute Gasteiger partial charge is 0.478 e. The lowest BCUT2D eigenvalue weighted by Gasteiger charge is -2.23. The van der Waals surface area contributed by atoms with Gasteiger partial charge in [0.25, 0.3) is 0 Å². The van der Waals surface area contributed by atoms with Gasteiger partial charge in [-0.3, -0.25) is 0 Å². The van der Waals surface area contributed by atoms with Gasteiger partial charge in [-0.05, 0) is 31.4 Å². The van der Waals surface area contributed by atoms with Crippen molar-refractivity contribution in [2.75, 3.05) is 30.8 Å². The number of unbranched alkanes of at least 4 members (excludes halogenated alkanes) is 2. The van der Waals surface area contributed by atoms with Crippen molar-refractivity contribution in [1.82, 2.24) is 0 Å². The van der Waals surface area contributed by atoms with Crippen LogP contribution >= 0.6 is 11.6 Å². The minimum atomic E-state index is -1.05. The number of aliphatic hydroxyl groups is 1. The van der Waals surface area contributed by atoms with E-state index in [2.05, 4.69) is 0 Å². The fourth-order valence-electron chi connectivity index (χ4n) is 1.92. The van der Waals surface area contributed by atoms with Crippen molar-refractivity contribution in [1.29, 1.82) is 0 Å². The van der Waals surface area contributed by atoms with Crippen LogP contribution in [0.4, 0.5) is 11.4 Å². The molecule has 1 aromatic rings. The lowest BCUT2D eigenvalue weighted by Crippen LogP contribution is -2.22. The van der Waals surface area contributed by atoms with Gasteiger partial charge in [-0.1, -0.05) is 11.6 Å². The van der Waals surface area contributed by atoms with E-state index in [9.17, 15) is 9.90 Å². The summed E-state index contributed by atoms with van der Waals surface area (Å²) in [6, 6.07) is 2.96. The highest BCUT2D eigenvalue weighted by Crippen LogP contribution is 2.32. The van der Waals surface area contributed by atoms with E-state index in [0.29, 0.717) is 22.9 Å². The number of hydrogen-bond acceptors (Lipinski definition) is 4. The molecule has 0 bridgehead atoms. The van der Waals surface area contributed by atoms with E-state index >= 15 is 0 Å². The van der Waals surface area contributed by atoms with Gasteiger partial charge in [0.1, 0.15) is 0 Å². The van der Waals surface area contributed by atoms with Gasteiger partial charge in [0.05, 0.1) is 16.3 Å². The first kappa shape index (κ1) is 15.6. The number of aromatic carboxylic acids is 1. The van der Waals surface area contributed by atoms with Crippen molar-refractivity contribution in [3.05, 3.63) is 22.7 Å². The Morgan fingerprint density at radius 2 is 2.05 bits per heavy atom. The van der Waals surface area contributed by atoms with Crippen LogP contribution in [0.3, 0.4) is 0 Å². The molecule has 0 atom stereocenters. The molecule has 0 unspecified atom stereocenters. The molecule has 5 nitrogen and oxygen atoms in total. The van der Waals surface area contributed by atoms with Crippen LogP contribution in [0.15, 0.2) is 12.1 Å². The zero-order valence-electron chi connectivity index (χ0n) is 10.9. The van der Waals surface area contributed by atoms with Crippen molar-refractivity contribution >= 4 is 28.9 Å². The molecule has 19 heavy (non-hydrogen) atoms. The highest BCUT2D eigenvalue weighted by molar-refractivity contribution is 6.34. The minimum Gasteiger partial charge on any atom is -0.478 e. The van der Waals surface area contributed by atoms with Crippen molar-refractivity contribution in [2.45, 2.75) is 19.3 Å². The lowest BCUT2D eigenvalue weighted by atomic mass is 10.1. The summed E-state index contributed by atoms with van der Waals surface area (Å²) in [7, 11) is 1.79. The SMILES string of the molecule is CN(CCCCCO)c1c(Cl)cc(N)cc1C(=O)O. The van der Waals surface area contributed by atoms with Crippen molar-refractivity contribution in [3.8, 4) is 0 Å². The second-order valence-electron chi connectivity index (χ2n) is 4.41. The van der Waals surface area contributed by atoms with E-state index in [1.165, 1.54) is 6.07 Å². The number of carboxylic acids is 1. The quantitative estimate of drug-likeness (QED) is 0.528. The Balaban J connectivity index is 2.88. The van der Waals surface area contributed by atoms with E-state index in [1.54, 1.807) is 13.1 Å². The summed E-state index contributed by atoms with van der Waals surface area (Å²) >= 11 is 6.09. The highest BCUT2D eigenvalue weighted by Gasteiger charge is 2.17. The van der Waals surface area contributed by atoms with Crippen molar-refractivity contribution < 1.29 is 15.0 Å². The number of hydrogen-bond donors (Lipinski definition) is 3. The molecule has 4 N–H and O–H groups in total. The number of carboxylic acid groups (broad SMARTS) is 1. The molecule has 1 rings (SSSR count). The highest BCUT2D eigenvalue weighted by atomic mass is 35.5. The Morgan fingerprint density at radius 3 is 2.63 bits per heavy atom. The number of carbonyl (C=O) groups is 1. The number of anilines is 2. The Bertz CT molecular complexity index is 452. The molecule has 0 spiro atoms. The van der Waals surface area contributed by atoms with E-state index in [-0.39, 0.29) is 12.2 Å². The third kappa shape index (κ3) is 4.29. The van der Waals surface area contributed by atoms with Gasteiger partial charge in [-0.25, -0.2) is 4.79 Å². The molecule has 0 amide bonds. The molecule has 106 valence electrons. The summed E-state index contributed by atoms with van der Waals surface area (Å²) in [5.74, 6) is -1.05. The van der Waals surface area contributed by atoms with Crippen LogP contribution < -0.4 is 10.6 Å². The zero-order valence-corrected chi connectivity index (χ0v) is 11.7. The van der Waals surface area contributed by atoms with Crippen LogP contribution in [0.5, 0.6) is 0 Å². The van der Waals surface area contributed by atoms with Crippen LogP contribution in [-0.4, -0.2) is 36.4 Å². The zero-order chi connectivity index (χ0) is 14.4. The van der Waals surface area contributed by atoms with Crippen LogP contribution in [0.25, 0.3) is 0 Å². The molecular weight excluding hydrogens is 268 g/mol. The Kier molecular flexibility index (Phi) is 5.92. The molecule has 0 aromatic heterocycles. The summed E-state index contributed by atoms with van der Waals surface area (Å²) in [6.45, 7) is 0.844. The van der Waals surface area contributed by atoms with E-state index in [1.807, 2.05) is 4.90 Å². The van der Waals surface area contributed by atoms with Crippen molar-refractivity contribution in [3.63, 3.8) is 0 Å². The first-order chi connectivity index (χ1) is 8.97. The average Bonchev–Trinajstić information content (AvgIpc) is 2.33. The fraction of sp³-hybridized carbons (Fsp3) is 0.462. The first-order valence-electron chi connectivity index (χ1n) is 6.11.